The van der Waals surface area contributed by atoms with Crippen LogP contribution >= 0.6 is 11.6 Å². The number of carbonyl (C=O) groups is 1. The Bertz CT molecular complexity index is 602. The number of amides is 1. The fourth-order valence-electron chi connectivity index (χ4n) is 3.81. The summed E-state index contributed by atoms with van der Waals surface area (Å²) in [5, 5.41) is 0.174. The highest BCUT2D eigenvalue weighted by Crippen LogP contribution is 2.38. The van der Waals surface area contributed by atoms with E-state index in [1.54, 1.807) is 11.0 Å². The van der Waals surface area contributed by atoms with E-state index in [2.05, 4.69) is 4.90 Å². The van der Waals surface area contributed by atoms with Crippen LogP contribution in [0.1, 0.15) is 23.2 Å². The van der Waals surface area contributed by atoms with Crippen LogP contribution in [0.25, 0.3) is 0 Å². The summed E-state index contributed by atoms with van der Waals surface area (Å²) in [6.45, 7) is 3.45. The first-order valence-electron chi connectivity index (χ1n) is 8.22. The normalized spacial score (nSPS) is 28.5. The van der Waals surface area contributed by atoms with Crippen LogP contribution < -0.4 is 0 Å². The second kappa shape index (κ2) is 6.04. The fourth-order valence-corrected chi connectivity index (χ4v) is 4.05. The van der Waals surface area contributed by atoms with Crippen molar-refractivity contribution in [1.82, 2.24) is 9.80 Å². The van der Waals surface area contributed by atoms with Crippen LogP contribution in [0.2, 0.25) is 5.02 Å². The zero-order valence-electron chi connectivity index (χ0n) is 12.9. The molecule has 2 heterocycles. The van der Waals surface area contributed by atoms with Crippen molar-refractivity contribution in [3.63, 3.8) is 0 Å². The van der Waals surface area contributed by atoms with Crippen molar-refractivity contribution in [2.45, 2.75) is 24.9 Å². The molecule has 2 atom stereocenters. The lowest BCUT2D eigenvalue weighted by Gasteiger charge is -2.48. The molecule has 0 N–H and O–H groups in total. The molecule has 0 aromatic heterocycles. The van der Waals surface area contributed by atoms with Gasteiger partial charge in [0, 0.05) is 25.7 Å². The molecule has 2 aliphatic heterocycles. The molecule has 3 aliphatic rings. The lowest BCUT2D eigenvalue weighted by Crippen LogP contribution is -2.63. The van der Waals surface area contributed by atoms with E-state index in [-0.39, 0.29) is 22.5 Å². The molecule has 0 unspecified atom stereocenters. The summed E-state index contributed by atoms with van der Waals surface area (Å²) in [4.78, 5) is 16.9. The Hall–Kier alpha value is -1.17. The van der Waals surface area contributed by atoms with Gasteiger partial charge in [0.15, 0.2) is 0 Å². The van der Waals surface area contributed by atoms with Crippen LogP contribution in [0.5, 0.6) is 0 Å². The number of ether oxygens (including phenoxy) is 1. The van der Waals surface area contributed by atoms with Gasteiger partial charge in [0.25, 0.3) is 5.91 Å². The number of piperazine rings is 1. The maximum Gasteiger partial charge on any atom is 0.258 e. The predicted molar refractivity (Wildman–Crippen MR) is 85.1 cm³/mol. The second-order valence-electron chi connectivity index (χ2n) is 6.68. The summed E-state index contributed by atoms with van der Waals surface area (Å²) < 4.78 is 19.8. The van der Waals surface area contributed by atoms with Crippen molar-refractivity contribution in [1.29, 1.82) is 0 Å². The number of hydrogen-bond acceptors (Lipinski definition) is 3. The fraction of sp³-hybridized carbons (Fsp3) is 0.588. The number of fused-ring (bicyclic) bond motifs is 1. The molecule has 2 saturated heterocycles. The first-order chi connectivity index (χ1) is 11.1. The third kappa shape index (κ3) is 2.86. The highest BCUT2D eigenvalue weighted by atomic mass is 35.5. The summed E-state index contributed by atoms with van der Waals surface area (Å²) in [7, 11) is 0. The number of rotatable bonds is 2. The summed E-state index contributed by atoms with van der Waals surface area (Å²) in [5.41, 5.74) is -0.0157. The molecule has 3 fully saturated rings. The zero-order valence-corrected chi connectivity index (χ0v) is 13.6. The van der Waals surface area contributed by atoms with Gasteiger partial charge in [-0.3, -0.25) is 9.69 Å². The Kier molecular flexibility index (Phi) is 4.03. The van der Waals surface area contributed by atoms with Gasteiger partial charge in [-0.1, -0.05) is 17.7 Å². The van der Waals surface area contributed by atoms with Crippen molar-refractivity contribution in [2.75, 3.05) is 32.8 Å². The molecule has 6 heteroatoms. The Labute approximate surface area is 140 Å². The molecule has 0 radical (unpaired) electrons. The van der Waals surface area contributed by atoms with Gasteiger partial charge < -0.3 is 9.64 Å². The molecule has 0 spiro atoms. The van der Waals surface area contributed by atoms with E-state index < -0.39 is 5.82 Å². The van der Waals surface area contributed by atoms with Crippen LogP contribution in [0, 0.1) is 11.7 Å². The minimum atomic E-state index is -0.555. The van der Waals surface area contributed by atoms with Crippen LogP contribution in [0.3, 0.4) is 0 Å². The topological polar surface area (TPSA) is 32.8 Å². The predicted octanol–water partition coefficient (Wildman–Crippen LogP) is 2.41. The molecule has 0 bridgehead atoms. The number of hydrogen-bond donors (Lipinski definition) is 0. The smallest absolute Gasteiger partial charge is 0.258 e. The molecule has 1 saturated carbocycles. The van der Waals surface area contributed by atoms with Crippen LogP contribution in [-0.2, 0) is 4.74 Å². The third-order valence-corrected chi connectivity index (χ3v) is 5.50. The maximum atomic E-state index is 14.0. The number of halogens is 2. The van der Waals surface area contributed by atoms with E-state index in [1.165, 1.54) is 25.0 Å². The van der Waals surface area contributed by atoms with E-state index >= 15 is 0 Å². The average Bonchev–Trinajstić information content (AvgIpc) is 3.38. The number of nitrogens with zero attached hydrogens (tertiary/aromatic N) is 2. The van der Waals surface area contributed by atoms with Crippen LogP contribution in [0.4, 0.5) is 4.39 Å². The molecule has 124 valence electrons. The van der Waals surface area contributed by atoms with E-state index in [0.717, 1.165) is 19.1 Å². The van der Waals surface area contributed by atoms with E-state index in [1.807, 2.05) is 0 Å². The molecular weight excluding hydrogens is 319 g/mol. The Balaban J connectivity index is 1.50. The van der Waals surface area contributed by atoms with Crippen molar-refractivity contribution in [2.24, 2.45) is 5.92 Å². The SMILES string of the molecule is O=C(c1c(F)cccc1Cl)N1CCN2[C@@H](COC[C@@H]2C2CC2)C1. The van der Waals surface area contributed by atoms with Gasteiger partial charge in [-0.2, -0.15) is 0 Å². The summed E-state index contributed by atoms with van der Waals surface area (Å²) in [6.07, 6.45) is 2.56. The van der Waals surface area contributed by atoms with E-state index in [9.17, 15) is 9.18 Å². The summed E-state index contributed by atoms with van der Waals surface area (Å²) in [6, 6.07) is 5.05. The lowest BCUT2D eigenvalue weighted by atomic mass is 10.0. The Morgan fingerprint density at radius 3 is 2.83 bits per heavy atom. The van der Waals surface area contributed by atoms with Crippen molar-refractivity contribution >= 4 is 17.5 Å². The standard InChI is InChI=1S/C17H20ClFN2O2/c18-13-2-1-3-14(19)16(13)17(22)20-6-7-21-12(8-20)9-23-10-15(21)11-4-5-11/h1-3,11-12,15H,4-10H2/t12-,15-/m1/s1. The highest BCUT2D eigenvalue weighted by Gasteiger charge is 2.43. The van der Waals surface area contributed by atoms with Crippen LogP contribution in [0.15, 0.2) is 18.2 Å². The summed E-state index contributed by atoms with van der Waals surface area (Å²) in [5.74, 6) is -0.122. The largest absolute Gasteiger partial charge is 0.378 e. The molecule has 1 aromatic rings. The van der Waals surface area contributed by atoms with Gasteiger partial charge in [0.05, 0.1) is 29.8 Å². The quantitative estimate of drug-likeness (QED) is 0.830. The number of morpholine rings is 1. The Morgan fingerprint density at radius 1 is 1.26 bits per heavy atom. The summed E-state index contributed by atoms with van der Waals surface area (Å²) >= 11 is 6.03. The molecular formula is C17H20ClFN2O2. The van der Waals surface area contributed by atoms with Crippen molar-refractivity contribution in [3.8, 4) is 0 Å². The third-order valence-electron chi connectivity index (χ3n) is 5.18. The first kappa shape index (κ1) is 15.4. The van der Waals surface area contributed by atoms with Crippen LogP contribution in [-0.4, -0.2) is 60.6 Å². The monoisotopic (exact) mass is 338 g/mol. The second-order valence-corrected chi connectivity index (χ2v) is 7.09. The number of carbonyl (C=O) groups excluding carboxylic acids is 1. The van der Waals surface area contributed by atoms with Crippen molar-refractivity contribution < 1.29 is 13.9 Å². The molecule has 4 rings (SSSR count). The van der Waals surface area contributed by atoms with Gasteiger partial charge >= 0.3 is 0 Å². The van der Waals surface area contributed by atoms with E-state index in [0.29, 0.717) is 25.7 Å². The van der Waals surface area contributed by atoms with Gasteiger partial charge in [-0.25, -0.2) is 4.39 Å². The maximum absolute atomic E-state index is 14.0. The van der Waals surface area contributed by atoms with E-state index in [4.69, 9.17) is 16.3 Å². The van der Waals surface area contributed by atoms with Gasteiger partial charge in [-0.15, -0.1) is 0 Å². The minimum Gasteiger partial charge on any atom is -0.378 e. The zero-order chi connectivity index (χ0) is 16.0. The van der Waals surface area contributed by atoms with Crippen molar-refractivity contribution in [3.05, 3.63) is 34.6 Å². The first-order valence-corrected chi connectivity index (χ1v) is 8.59. The minimum absolute atomic E-state index is 0.0157. The lowest BCUT2D eigenvalue weighted by molar-refractivity contribution is -0.0816. The average molecular weight is 339 g/mol. The Morgan fingerprint density at radius 2 is 2.09 bits per heavy atom. The molecule has 1 amide bonds. The van der Waals surface area contributed by atoms with Gasteiger partial charge in [-0.05, 0) is 30.9 Å². The highest BCUT2D eigenvalue weighted by molar-refractivity contribution is 6.33. The van der Waals surface area contributed by atoms with Gasteiger partial charge in [0.2, 0.25) is 0 Å². The molecule has 4 nitrogen and oxygen atoms in total. The molecule has 1 aromatic carbocycles. The molecule has 23 heavy (non-hydrogen) atoms. The molecule has 1 aliphatic carbocycles. The van der Waals surface area contributed by atoms with Gasteiger partial charge in [0.1, 0.15) is 5.82 Å². The number of benzene rings is 1.